The molecule has 2 aromatic rings. The molecule has 2 heterocycles. The molecule has 1 aliphatic carbocycles. The van der Waals surface area contributed by atoms with Crippen molar-refractivity contribution in [1.29, 1.82) is 0 Å². The highest BCUT2D eigenvalue weighted by molar-refractivity contribution is 9.10. The largest absolute Gasteiger partial charge is 0.398 e. The summed E-state index contributed by atoms with van der Waals surface area (Å²) in [7, 11) is 0. The maximum absolute atomic E-state index is 5.84. The number of rotatable bonds is 1. The van der Waals surface area contributed by atoms with Crippen molar-refractivity contribution in [3.63, 3.8) is 0 Å². The van der Waals surface area contributed by atoms with Gasteiger partial charge in [0.1, 0.15) is 10.4 Å². The van der Waals surface area contributed by atoms with Gasteiger partial charge in [-0.15, -0.1) is 0 Å². The Morgan fingerprint density at radius 2 is 2.06 bits per heavy atom. The van der Waals surface area contributed by atoms with E-state index in [2.05, 4.69) is 25.3 Å². The Bertz CT molecular complexity index is 526. The van der Waals surface area contributed by atoms with Crippen LogP contribution in [0.1, 0.15) is 37.4 Å². The summed E-state index contributed by atoms with van der Waals surface area (Å²) in [5.74, 6) is 1.76. The Labute approximate surface area is 103 Å². The average Bonchev–Trinajstić information content (AvgIpc) is 2.86. The van der Waals surface area contributed by atoms with Crippen molar-refractivity contribution in [2.75, 3.05) is 5.73 Å². The standard InChI is InChI=1S/C12H14BrN3/c13-11-10-6-5-9(14)7-16(10)12(15-11)8-3-1-2-4-8/h5-8H,1-4,14H2. The van der Waals surface area contributed by atoms with Gasteiger partial charge in [-0.25, -0.2) is 4.98 Å². The van der Waals surface area contributed by atoms with Gasteiger partial charge in [-0.05, 0) is 40.9 Å². The van der Waals surface area contributed by atoms with E-state index in [0.29, 0.717) is 5.92 Å². The highest BCUT2D eigenvalue weighted by Gasteiger charge is 2.22. The smallest absolute Gasteiger partial charge is 0.132 e. The third kappa shape index (κ3) is 1.52. The van der Waals surface area contributed by atoms with Crippen LogP contribution in [0.25, 0.3) is 5.52 Å². The predicted molar refractivity (Wildman–Crippen MR) is 68.5 cm³/mol. The third-order valence-corrected chi connectivity index (χ3v) is 3.95. The number of nitrogen functional groups attached to an aromatic ring is 1. The van der Waals surface area contributed by atoms with Crippen molar-refractivity contribution in [3.8, 4) is 0 Å². The zero-order valence-electron chi connectivity index (χ0n) is 8.99. The average molecular weight is 280 g/mol. The molecule has 0 bridgehead atoms. The van der Waals surface area contributed by atoms with Crippen LogP contribution in [-0.2, 0) is 0 Å². The third-order valence-electron chi connectivity index (χ3n) is 3.36. The molecule has 0 aromatic carbocycles. The second-order valence-corrected chi connectivity index (χ2v) is 5.21. The van der Waals surface area contributed by atoms with Crippen LogP contribution in [0.2, 0.25) is 0 Å². The van der Waals surface area contributed by atoms with Crippen molar-refractivity contribution in [2.24, 2.45) is 0 Å². The molecule has 0 radical (unpaired) electrons. The first-order chi connectivity index (χ1) is 7.75. The summed E-state index contributed by atoms with van der Waals surface area (Å²) < 4.78 is 3.06. The van der Waals surface area contributed by atoms with Crippen LogP contribution in [0.4, 0.5) is 5.69 Å². The van der Waals surface area contributed by atoms with Crippen molar-refractivity contribution >= 4 is 27.1 Å². The van der Waals surface area contributed by atoms with Gasteiger partial charge in [0.05, 0.1) is 5.52 Å². The molecule has 0 aliphatic heterocycles. The first kappa shape index (κ1) is 10.1. The van der Waals surface area contributed by atoms with E-state index in [9.17, 15) is 0 Å². The summed E-state index contributed by atoms with van der Waals surface area (Å²) in [6, 6.07) is 3.94. The Morgan fingerprint density at radius 1 is 1.31 bits per heavy atom. The molecular formula is C12H14BrN3. The second-order valence-electron chi connectivity index (χ2n) is 4.46. The number of anilines is 1. The maximum atomic E-state index is 5.84. The van der Waals surface area contributed by atoms with Crippen LogP contribution in [-0.4, -0.2) is 9.38 Å². The van der Waals surface area contributed by atoms with Gasteiger partial charge < -0.3 is 10.1 Å². The lowest BCUT2D eigenvalue weighted by Gasteiger charge is -2.07. The number of nitrogens with zero attached hydrogens (tertiary/aromatic N) is 2. The lowest BCUT2D eigenvalue weighted by atomic mass is 10.1. The monoisotopic (exact) mass is 279 g/mol. The van der Waals surface area contributed by atoms with E-state index in [1.165, 1.54) is 25.7 Å². The lowest BCUT2D eigenvalue weighted by Crippen LogP contribution is -2.00. The van der Waals surface area contributed by atoms with Gasteiger partial charge in [-0.2, -0.15) is 0 Å². The Balaban J connectivity index is 2.19. The number of hydrogen-bond donors (Lipinski definition) is 1. The van der Waals surface area contributed by atoms with Crippen LogP contribution in [0, 0.1) is 0 Å². The minimum Gasteiger partial charge on any atom is -0.398 e. The van der Waals surface area contributed by atoms with E-state index < -0.39 is 0 Å². The molecule has 16 heavy (non-hydrogen) atoms. The SMILES string of the molecule is Nc1ccc2c(Br)nc(C3CCCC3)n2c1. The van der Waals surface area contributed by atoms with Crippen LogP contribution in [0.5, 0.6) is 0 Å². The van der Waals surface area contributed by atoms with Crippen LogP contribution in [0.15, 0.2) is 22.9 Å². The van der Waals surface area contributed by atoms with E-state index in [-0.39, 0.29) is 0 Å². The van der Waals surface area contributed by atoms with Gasteiger partial charge in [0.2, 0.25) is 0 Å². The Morgan fingerprint density at radius 3 is 2.81 bits per heavy atom. The molecule has 0 atom stereocenters. The number of nitrogens with two attached hydrogens (primary N) is 1. The molecule has 0 amide bonds. The molecule has 0 saturated heterocycles. The number of pyridine rings is 1. The summed E-state index contributed by atoms with van der Waals surface area (Å²) in [6.07, 6.45) is 7.11. The van der Waals surface area contributed by atoms with E-state index in [1.54, 1.807) is 0 Å². The van der Waals surface area contributed by atoms with Crippen molar-refractivity contribution in [2.45, 2.75) is 31.6 Å². The normalized spacial score (nSPS) is 17.3. The fourth-order valence-corrected chi connectivity index (χ4v) is 3.06. The molecule has 1 saturated carbocycles. The second kappa shape index (κ2) is 3.77. The summed E-state index contributed by atoms with van der Waals surface area (Å²) in [4.78, 5) is 4.64. The molecule has 0 spiro atoms. The van der Waals surface area contributed by atoms with E-state index in [4.69, 9.17) is 5.73 Å². The number of halogens is 1. The fraction of sp³-hybridized carbons (Fsp3) is 0.417. The van der Waals surface area contributed by atoms with E-state index in [1.807, 2.05) is 18.3 Å². The number of aromatic nitrogens is 2. The molecule has 2 aromatic heterocycles. The first-order valence-corrected chi connectivity index (χ1v) is 6.48. The van der Waals surface area contributed by atoms with Crippen LogP contribution < -0.4 is 5.73 Å². The van der Waals surface area contributed by atoms with Gasteiger partial charge in [-0.1, -0.05) is 12.8 Å². The van der Waals surface area contributed by atoms with Crippen molar-refractivity contribution < 1.29 is 0 Å². The lowest BCUT2D eigenvalue weighted by molar-refractivity contribution is 0.664. The van der Waals surface area contributed by atoms with Crippen LogP contribution >= 0.6 is 15.9 Å². The van der Waals surface area contributed by atoms with Crippen molar-refractivity contribution in [1.82, 2.24) is 9.38 Å². The van der Waals surface area contributed by atoms with Gasteiger partial charge in [-0.3, -0.25) is 0 Å². The molecule has 0 unspecified atom stereocenters. The molecular weight excluding hydrogens is 266 g/mol. The highest BCUT2D eigenvalue weighted by Crippen LogP contribution is 2.35. The summed E-state index contributed by atoms with van der Waals surface area (Å²) >= 11 is 3.52. The van der Waals surface area contributed by atoms with E-state index >= 15 is 0 Å². The molecule has 4 heteroatoms. The molecule has 84 valence electrons. The van der Waals surface area contributed by atoms with Gasteiger partial charge in [0.25, 0.3) is 0 Å². The molecule has 3 rings (SSSR count). The summed E-state index contributed by atoms with van der Waals surface area (Å²) in [6.45, 7) is 0. The van der Waals surface area contributed by atoms with Gasteiger partial charge in [0, 0.05) is 17.8 Å². The Kier molecular flexibility index (Phi) is 2.39. The number of imidazole rings is 1. The fourth-order valence-electron chi connectivity index (χ4n) is 2.56. The maximum Gasteiger partial charge on any atom is 0.132 e. The van der Waals surface area contributed by atoms with Gasteiger partial charge >= 0.3 is 0 Å². The summed E-state index contributed by atoms with van der Waals surface area (Å²) in [5, 5.41) is 0. The summed E-state index contributed by atoms with van der Waals surface area (Å²) in [5.41, 5.74) is 7.73. The van der Waals surface area contributed by atoms with Crippen molar-refractivity contribution in [3.05, 3.63) is 28.8 Å². The van der Waals surface area contributed by atoms with Gasteiger partial charge in [0.15, 0.2) is 0 Å². The number of fused-ring (bicyclic) bond motifs is 1. The predicted octanol–water partition coefficient (Wildman–Crippen LogP) is 3.34. The molecule has 3 nitrogen and oxygen atoms in total. The molecule has 1 aliphatic rings. The number of hydrogen-bond acceptors (Lipinski definition) is 2. The first-order valence-electron chi connectivity index (χ1n) is 5.68. The topological polar surface area (TPSA) is 43.3 Å². The quantitative estimate of drug-likeness (QED) is 0.870. The zero-order chi connectivity index (χ0) is 11.1. The molecule has 1 fully saturated rings. The van der Waals surface area contributed by atoms with Crippen LogP contribution in [0.3, 0.4) is 0 Å². The minimum absolute atomic E-state index is 0.598. The Hall–Kier alpha value is -1.03. The molecule has 2 N–H and O–H groups in total. The zero-order valence-corrected chi connectivity index (χ0v) is 10.6. The highest BCUT2D eigenvalue weighted by atomic mass is 79.9. The van der Waals surface area contributed by atoms with E-state index in [0.717, 1.165) is 21.6 Å². The minimum atomic E-state index is 0.598.